The normalized spacial score (nSPS) is 14.3. The van der Waals surface area contributed by atoms with Gasteiger partial charge in [0.1, 0.15) is 0 Å². The predicted molar refractivity (Wildman–Crippen MR) is 46.3 cm³/mol. The van der Waals surface area contributed by atoms with Gasteiger partial charge in [-0.15, -0.1) is 0 Å². The molecule has 8 heteroatoms. The Morgan fingerprint density at radius 1 is 1.33 bits per heavy atom. The molecule has 0 aromatic rings. The molecule has 1 rings (SSSR count). The number of rotatable bonds is 0. The molecule has 0 radical (unpaired) electrons. The van der Waals surface area contributed by atoms with Crippen LogP contribution < -0.4 is 0 Å². The molecule has 0 aromatic heterocycles. The van der Waals surface area contributed by atoms with E-state index in [1.807, 2.05) is 6.07 Å². The number of halogens is 4. The van der Waals surface area contributed by atoms with Crippen LogP contribution in [0.5, 0.6) is 0 Å². The Hall–Kier alpha value is -1.87. The molecule has 0 unspecified atom stereocenters. The second-order valence-electron chi connectivity index (χ2n) is 2.39. The number of allylic oxidation sites excluding steroid dienone is 4. The topological polar surface area (TPSA) is 60.2 Å². The quantitative estimate of drug-likeness (QED) is 0.266. The van der Waals surface area contributed by atoms with E-state index < -0.39 is 7.25 Å². The van der Waals surface area contributed by atoms with E-state index in [2.05, 4.69) is 4.79 Å². The minimum absolute atomic E-state index is 0.538. The van der Waals surface area contributed by atoms with Crippen molar-refractivity contribution in [2.45, 2.75) is 6.42 Å². The molecule has 80 valence electrons. The molecule has 0 saturated carbocycles. The first-order valence-electron chi connectivity index (χ1n) is 3.73. The molecular formula is C7H5BF4N3-. The van der Waals surface area contributed by atoms with Gasteiger partial charge in [0.15, 0.2) is 0 Å². The zero-order valence-corrected chi connectivity index (χ0v) is 7.37. The summed E-state index contributed by atoms with van der Waals surface area (Å²) in [5.41, 5.74) is 9.47. The van der Waals surface area contributed by atoms with Crippen molar-refractivity contribution < 1.29 is 22.1 Å². The Morgan fingerprint density at radius 3 is 2.13 bits per heavy atom. The Bertz CT molecular complexity index is 365. The van der Waals surface area contributed by atoms with Gasteiger partial charge in [0.25, 0.3) is 5.71 Å². The van der Waals surface area contributed by atoms with Crippen LogP contribution in [0.1, 0.15) is 6.42 Å². The number of hydrogen-bond donors (Lipinski definition) is 0. The first-order chi connectivity index (χ1) is 6.86. The van der Waals surface area contributed by atoms with E-state index in [0.29, 0.717) is 17.7 Å². The maximum absolute atomic E-state index is 9.75. The zero-order valence-electron chi connectivity index (χ0n) is 7.37. The minimum atomic E-state index is -6.00. The van der Waals surface area contributed by atoms with Gasteiger partial charge >= 0.3 is 7.25 Å². The maximum Gasteiger partial charge on any atom is 0.673 e. The molecule has 0 bridgehead atoms. The smallest absolute Gasteiger partial charge is 0.418 e. The van der Waals surface area contributed by atoms with E-state index >= 15 is 0 Å². The van der Waals surface area contributed by atoms with E-state index in [-0.39, 0.29) is 0 Å². The summed E-state index contributed by atoms with van der Waals surface area (Å²) in [6.07, 6.45) is 5.50. The van der Waals surface area contributed by atoms with Gasteiger partial charge in [-0.3, -0.25) is 0 Å². The van der Waals surface area contributed by atoms with E-state index in [1.54, 1.807) is 18.2 Å². The number of hydrogen-bond acceptors (Lipinski definition) is 1. The van der Waals surface area contributed by atoms with Gasteiger partial charge in [-0.05, 0) is 6.08 Å². The SMILES string of the molecule is F[B-](F)(F)F.N#CC1=CCC(=[N+]=[N-])C=C1. The molecule has 0 N–H and O–H groups in total. The molecule has 0 amide bonds. The van der Waals surface area contributed by atoms with Gasteiger partial charge in [0, 0.05) is 11.6 Å². The zero-order chi connectivity index (χ0) is 11.9. The summed E-state index contributed by atoms with van der Waals surface area (Å²) in [4.78, 5) is 2.99. The molecule has 0 fully saturated rings. The molecule has 3 nitrogen and oxygen atoms in total. The van der Waals surface area contributed by atoms with Crippen LogP contribution >= 0.6 is 0 Å². The first kappa shape index (κ1) is 13.1. The molecule has 0 aliphatic heterocycles. The molecule has 0 spiro atoms. The van der Waals surface area contributed by atoms with Gasteiger partial charge in [-0.25, -0.2) is 0 Å². The summed E-state index contributed by atoms with van der Waals surface area (Å²) in [5.74, 6) is 0. The number of nitrogens with zero attached hydrogens (tertiary/aromatic N) is 3. The molecule has 0 aromatic carbocycles. The third-order valence-corrected chi connectivity index (χ3v) is 1.24. The lowest BCUT2D eigenvalue weighted by Gasteiger charge is -1.94. The summed E-state index contributed by atoms with van der Waals surface area (Å²) >= 11 is 0. The fourth-order valence-electron chi connectivity index (χ4n) is 0.694. The highest BCUT2D eigenvalue weighted by Crippen LogP contribution is 2.06. The molecule has 0 atom stereocenters. The van der Waals surface area contributed by atoms with Gasteiger partial charge in [-0.2, -0.15) is 10.1 Å². The van der Waals surface area contributed by atoms with Crippen LogP contribution in [0.2, 0.25) is 0 Å². The summed E-state index contributed by atoms with van der Waals surface area (Å²) < 4.78 is 39.0. The van der Waals surface area contributed by atoms with Crippen LogP contribution in [0.25, 0.3) is 5.53 Å². The number of nitriles is 1. The molecule has 0 heterocycles. The Balaban J connectivity index is 0.000000336. The Labute approximate surface area is 83.0 Å². The fourth-order valence-corrected chi connectivity index (χ4v) is 0.694. The lowest BCUT2D eigenvalue weighted by atomic mass is 10.1. The highest BCUT2D eigenvalue weighted by atomic mass is 19.5. The van der Waals surface area contributed by atoms with Crippen molar-refractivity contribution in [3.8, 4) is 6.07 Å². The van der Waals surface area contributed by atoms with Crippen molar-refractivity contribution in [3.05, 3.63) is 29.3 Å². The largest absolute Gasteiger partial charge is 0.673 e. The summed E-state index contributed by atoms with van der Waals surface area (Å²) in [5, 5.41) is 8.38. The highest BCUT2D eigenvalue weighted by molar-refractivity contribution is 6.50. The van der Waals surface area contributed by atoms with Crippen molar-refractivity contribution in [3.63, 3.8) is 0 Å². The van der Waals surface area contributed by atoms with Crippen LogP contribution in [-0.2, 0) is 0 Å². The van der Waals surface area contributed by atoms with Crippen LogP contribution in [0.3, 0.4) is 0 Å². The summed E-state index contributed by atoms with van der Waals surface area (Å²) in [7, 11) is -6.00. The van der Waals surface area contributed by atoms with Crippen LogP contribution in [0.15, 0.2) is 23.8 Å². The standard InChI is InChI=1S/C7H5N3.BF4/c8-5-6-1-3-7(10-9)4-2-6;2-1(3,4)5/h1-3H,4H2;/q;-1. The van der Waals surface area contributed by atoms with Crippen molar-refractivity contribution in [2.24, 2.45) is 0 Å². The van der Waals surface area contributed by atoms with Crippen molar-refractivity contribution in [1.82, 2.24) is 0 Å². The van der Waals surface area contributed by atoms with E-state index in [1.165, 1.54) is 0 Å². The van der Waals surface area contributed by atoms with Crippen LogP contribution in [0, 0.1) is 11.3 Å². The van der Waals surface area contributed by atoms with Crippen LogP contribution in [0.4, 0.5) is 17.3 Å². The lowest BCUT2D eigenvalue weighted by Crippen LogP contribution is -2.02. The van der Waals surface area contributed by atoms with E-state index in [9.17, 15) is 17.3 Å². The van der Waals surface area contributed by atoms with Gasteiger partial charge in [0.2, 0.25) is 0 Å². The average molecular weight is 218 g/mol. The average Bonchev–Trinajstić information content (AvgIpc) is 2.15. The summed E-state index contributed by atoms with van der Waals surface area (Å²) in [6.45, 7) is 0. The molecule has 1 aliphatic rings. The van der Waals surface area contributed by atoms with Gasteiger partial charge in [-0.1, -0.05) is 6.08 Å². The third kappa shape index (κ3) is 8.46. The maximum atomic E-state index is 9.75. The van der Waals surface area contributed by atoms with Gasteiger partial charge in [0.05, 0.1) is 12.5 Å². The monoisotopic (exact) mass is 218 g/mol. The van der Waals surface area contributed by atoms with Gasteiger partial charge < -0.3 is 22.8 Å². The van der Waals surface area contributed by atoms with Crippen molar-refractivity contribution in [1.29, 1.82) is 5.26 Å². The fraction of sp³-hybridized carbons (Fsp3) is 0.143. The molecule has 1 aliphatic carbocycles. The first-order valence-corrected chi connectivity index (χ1v) is 3.73. The van der Waals surface area contributed by atoms with E-state index in [0.717, 1.165) is 0 Å². The van der Waals surface area contributed by atoms with Crippen molar-refractivity contribution in [2.75, 3.05) is 0 Å². The Kier molecular flexibility index (Phi) is 5.06. The van der Waals surface area contributed by atoms with E-state index in [4.69, 9.17) is 10.8 Å². The third-order valence-electron chi connectivity index (χ3n) is 1.24. The highest BCUT2D eigenvalue weighted by Gasteiger charge is 2.20. The molecule has 15 heavy (non-hydrogen) atoms. The van der Waals surface area contributed by atoms with Crippen molar-refractivity contribution >= 4 is 13.0 Å². The predicted octanol–water partition coefficient (Wildman–Crippen LogP) is 2.37. The summed E-state index contributed by atoms with van der Waals surface area (Å²) in [6, 6.07) is 1.99. The minimum Gasteiger partial charge on any atom is -0.418 e. The molecule has 0 saturated heterocycles. The molecular weight excluding hydrogens is 213 g/mol. The Morgan fingerprint density at radius 2 is 1.87 bits per heavy atom. The second-order valence-corrected chi connectivity index (χ2v) is 2.39. The lowest BCUT2D eigenvalue weighted by molar-refractivity contribution is -0.00539. The second kappa shape index (κ2) is 5.78. The van der Waals surface area contributed by atoms with Crippen LogP contribution in [-0.4, -0.2) is 17.8 Å².